The van der Waals surface area contributed by atoms with Gasteiger partial charge in [0.05, 0.1) is 4.47 Å². The fourth-order valence-corrected chi connectivity index (χ4v) is 2.62. The minimum absolute atomic E-state index is 0.327. The fraction of sp³-hybridized carbons (Fsp3) is 0.333. The largest absolute Gasteiger partial charge is 0.330 e. The van der Waals surface area contributed by atoms with E-state index in [9.17, 15) is 8.60 Å². The van der Waals surface area contributed by atoms with Gasteiger partial charge in [0, 0.05) is 28.9 Å². The lowest BCUT2D eigenvalue weighted by molar-refractivity contribution is 0.619. The summed E-state index contributed by atoms with van der Waals surface area (Å²) in [6.07, 6.45) is 0. The van der Waals surface area contributed by atoms with Crippen LogP contribution < -0.4 is 5.73 Å². The molecule has 78 valence electrons. The monoisotopic (exact) mass is 279 g/mol. The van der Waals surface area contributed by atoms with Crippen LogP contribution in [0.1, 0.15) is 5.56 Å². The van der Waals surface area contributed by atoms with Crippen LogP contribution in [0.2, 0.25) is 0 Å². The van der Waals surface area contributed by atoms with E-state index >= 15 is 0 Å². The summed E-state index contributed by atoms with van der Waals surface area (Å²) in [5.74, 6) is 0.464. The zero-order valence-corrected chi connectivity index (χ0v) is 9.91. The molecule has 2 nitrogen and oxygen atoms in total. The van der Waals surface area contributed by atoms with Gasteiger partial charge >= 0.3 is 0 Å². The second-order valence-corrected chi connectivity index (χ2v) is 5.16. The van der Waals surface area contributed by atoms with Gasteiger partial charge in [0.2, 0.25) is 0 Å². The zero-order valence-electron chi connectivity index (χ0n) is 7.50. The molecule has 1 atom stereocenters. The highest BCUT2D eigenvalue weighted by atomic mass is 79.9. The lowest BCUT2D eigenvalue weighted by atomic mass is 10.2. The predicted molar refractivity (Wildman–Crippen MR) is 59.9 cm³/mol. The zero-order chi connectivity index (χ0) is 10.6. The van der Waals surface area contributed by atoms with Crippen LogP contribution in [0.3, 0.4) is 0 Å². The summed E-state index contributed by atoms with van der Waals surface area (Å²) in [4.78, 5) is 0. The molecule has 5 heteroatoms. The molecule has 0 heterocycles. The number of rotatable bonds is 4. The topological polar surface area (TPSA) is 43.1 Å². The second-order valence-electron chi connectivity index (χ2n) is 2.79. The van der Waals surface area contributed by atoms with Crippen molar-refractivity contribution in [2.75, 3.05) is 12.3 Å². The van der Waals surface area contributed by atoms with Crippen LogP contribution in [0.15, 0.2) is 22.7 Å². The van der Waals surface area contributed by atoms with Crippen LogP contribution in [-0.4, -0.2) is 16.5 Å². The van der Waals surface area contributed by atoms with Gasteiger partial charge in [-0.25, -0.2) is 4.39 Å². The van der Waals surface area contributed by atoms with E-state index in [-0.39, 0.29) is 5.82 Å². The molecule has 0 aliphatic rings. The van der Waals surface area contributed by atoms with E-state index in [0.29, 0.717) is 22.5 Å². The first-order valence-corrected chi connectivity index (χ1v) is 6.41. The summed E-state index contributed by atoms with van der Waals surface area (Å²) in [5.41, 5.74) is 5.99. The van der Waals surface area contributed by atoms with Crippen LogP contribution in [0.5, 0.6) is 0 Å². The summed E-state index contributed by atoms with van der Waals surface area (Å²) < 4.78 is 24.8. The van der Waals surface area contributed by atoms with Gasteiger partial charge < -0.3 is 5.73 Å². The molecule has 1 aromatic rings. The average molecular weight is 280 g/mol. The molecule has 1 unspecified atom stereocenters. The molecule has 14 heavy (non-hydrogen) atoms. The van der Waals surface area contributed by atoms with Crippen molar-refractivity contribution in [1.82, 2.24) is 0 Å². The van der Waals surface area contributed by atoms with E-state index in [0.717, 1.165) is 5.56 Å². The van der Waals surface area contributed by atoms with Crippen molar-refractivity contribution in [3.63, 3.8) is 0 Å². The highest BCUT2D eigenvalue weighted by molar-refractivity contribution is 9.10. The number of hydrogen-bond donors (Lipinski definition) is 1. The van der Waals surface area contributed by atoms with Gasteiger partial charge in [-0.2, -0.15) is 0 Å². The first-order chi connectivity index (χ1) is 6.65. The van der Waals surface area contributed by atoms with Gasteiger partial charge in [0.1, 0.15) is 5.82 Å². The first kappa shape index (κ1) is 11.8. The van der Waals surface area contributed by atoms with Gasteiger partial charge in [-0.15, -0.1) is 0 Å². The molecule has 0 fully saturated rings. The molecule has 1 aromatic carbocycles. The minimum atomic E-state index is -1.01. The molecule has 0 saturated heterocycles. The normalized spacial score (nSPS) is 12.8. The Morgan fingerprint density at radius 1 is 1.50 bits per heavy atom. The number of nitrogens with two attached hydrogens (primary N) is 1. The molecule has 0 aliphatic heterocycles. The number of halogens is 2. The maximum Gasteiger partial charge on any atom is 0.137 e. The maximum absolute atomic E-state index is 13.0. The van der Waals surface area contributed by atoms with Crippen LogP contribution >= 0.6 is 15.9 Å². The van der Waals surface area contributed by atoms with Crippen molar-refractivity contribution in [1.29, 1.82) is 0 Å². The molecule has 0 bridgehead atoms. The van der Waals surface area contributed by atoms with Crippen molar-refractivity contribution in [2.45, 2.75) is 5.75 Å². The third-order valence-corrected chi connectivity index (χ3v) is 3.91. The van der Waals surface area contributed by atoms with E-state index in [1.165, 1.54) is 6.07 Å². The quantitative estimate of drug-likeness (QED) is 0.913. The SMILES string of the molecule is NCCS(=O)Cc1cccc(F)c1Br. The first-order valence-electron chi connectivity index (χ1n) is 4.13. The van der Waals surface area contributed by atoms with Gasteiger partial charge in [-0.1, -0.05) is 12.1 Å². The Labute approximate surface area is 93.3 Å². The summed E-state index contributed by atoms with van der Waals surface area (Å²) >= 11 is 3.12. The smallest absolute Gasteiger partial charge is 0.137 e. The van der Waals surface area contributed by atoms with E-state index in [1.807, 2.05) is 0 Å². The van der Waals surface area contributed by atoms with Crippen molar-refractivity contribution < 1.29 is 8.60 Å². The van der Waals surface area contributed by atoms with E-state index in [4.69, 9.17) is 5.73 Å². The lowest BCUT2D eigenvalue weighted by Gasteiger charge is -2.04. The average Bonchev–Trinajstić information content (AvgIpc) is 2.13. The molecule has 0 radical (unpaired) electrons. The van der Waals surface area contributed by atoms with E-state index in [2.05, 4.69) is 15.9 Å². The molecule has 2 N–H and O–H groups in total. The highest BCUT2D eigenvalue weighted by Gasteiger charge is 2.07. The Morgan fingerprint density at radius 2 is 2.21 bits per heavy atom. The molecule has 0 spiro atoms. The van der Waals surface area contributed by atoms with Gasteiger partial charge in [0.15, 0.2) is 0 Å². The third-order valence-electron chi connectivity index (χ3n) is 1.69. The number of benzene rings is 1. The molecule has 0 amide bonds. The van der Waals surface area contributed by atoms with Crippen molar-refractivity contribution in [2.24, 2.45) is 5.73 Å². The molecule has 0 aliphatic carbocycles. The van der Waals surface area contributed by atoms with E-state index in [1.54, 1.807) is 12.1 Å². The molecule has 0 saturated carbocycles. The van der Waals surface area contributed by atoms with Crippen molar-refractivity contribution in [3.05, 3.63) is 34.1 Å². The molecule has 1 rings (SSSR count). The third kappa shape index (κ3) is 3.15. The summed E-state index contributed by atoms with van der Waals surface area (Å²) in [6.45, 7) is 0.388. The lowest BCUT2D eigenvalue weighted by Crippen LogP contribution is -2.11. The standard InChI is InChI=1S/C9H11BrFNOS/c10-9-7(2-1-3-8(9)11)6-14(13)5-4-12/h1-3H,4-6,12H2. The van der Waals surface area contributed by atoms with Gasteiger partial charge in [0.25, 0.3) is 0 Å². The molecular weight excluding hydrogens is 269 g/mol. The van der Waals surface area contributed by atoms with Gasteiger partial charge in [-0.05, 0) is 27.6 Å². The fourth-order valence-electron chi connectivity index (χ4n) is 1.04. The minimum Gasteiger partial charge on any atom is -0.330 e. The highest BCUT2D eigenvalue weighted by Crippen LogP contribution is 2.21. The molecular formula is C9H11BrFNOS. The molecule has 0 aromatic heterocycles. The van der Waals surface area contributed by atoms with Crippen molar-refractivity contribution in [3.8, 4) is 0 Å². The maximum atomic E-state index is 13.0. The Bertz CT molecular complexity index is 346. The Kier molecular flexibility index (Phi) is 4.71. The van der Waals surface area contributed by atoms with Crippen LogP contribution in [0.25, 0.3) is 0 Å². The predicted octanol–water partition coefficient (Wildman–Crippen LogP) is 1.80. The summed E-state index contributed by atoms with van der Waals surface area (Å²) in [5, 5.41) is 0. The Morgan fingerprint density at radius 3 is 2.86 bits per heavy atom. The number of hydrogen-bond acceptors (Lipinski definition) is 2. The van der Waals surface area contributed by atoms with Crippen LogP contribution in [0.4, 0.5) is 4.39 Å². The van der Waals surface area contributed by atoms with E-state index < -0.39 is 10.8 Å². The van der Waals surface area contributed by atoms with Crippen LogP contribution in [-0.2, 0) is 16.6 Å². The summed E-state index contributed by atoms with van der Waals surface area (Å²) in [6, 6.07) is 4.72. The Balaban J connectivity index is 2.76. The van der Waals surface area contributed by atoms with Crippen LogP contribution in [0, 0.1) is 5.82 Å². The second kappa shape index (κ2) is 5.58. The summed E-state index contributed by atoms with van der Waals surface area (Å²) in [7, 11) is -1.01. The Hall–Kier alpha value is -0.260. The van der Waals surface area contributed by atoms with Gasteiger partial charge in [-0.3, -0.25) is 4.21 Å². The van der Waals surface area contributed by atoms with Crippen molar-refractivity contribution >= 4 is 26.7 Å².